The molecule has 0 amide bonds. The molecule has 1 aliphatic heterocycles. The number of pyridine rings is 1. The second-order valence-electron chi connectivity index (χ2n) is 4.02. The minimum absolute atomic E-state index is 0.292. The van der Waals surface area contributed by atoms with E-state index in [-0.39, 0.29) is 0 Å². The smallest absolute Gasteiger partial charge is 0.276 e. The third-order valence-corrected chi connectivity index (χ3v) is 4.06. The minimum Gasteiger partial charge on any atom is -0.467 e. The van der Waals surface area contributed by atoms with Crippen molar-refractivity contribution in [1.29, 1.82) is 0 Å². The molecule has 0 aromatic carbocycles. The lowest BCUT2D eigenvalue weighted by atomic mass is 10.1. The standard InChI is InChI=1S/C11H12BrN3OS/c12-7-5-9-10(14-6-7)15-11(17-9)16-8-1-3-13-4-2-8/h5-6,8,13H,1-4H2. The minimum atomic E-state index is 0.292. The number of ether oxygens (including phenoxy) is 1. The number of nitrogens with zero attached hydrogens (tertiary/aromatic N) is 2. The van der Waals surface area contributed by atoms with Gasteiger partial charge in [-0.15, -0.1) is 0 Å². The molecule has 6 heteroatoms. The number of aromatic nitrogens is 2. The molecule has 2 aromatic heterocycles. The monoisotopic (exact) mass is 313 g/mol. The first-order valence-electron chi connectivity index (χ1n) is 5.61. The highest BCUT2D eigenvalue weighted by atomic mass is 79.9. The van der Waals surface area contributed by atoms with E-state index in [1.54, 1.807) is 17.5 Å². The van der Waals surface area contributed by atoms with Crippen LogP contribution < -0.4 is 10.1 Å². The largest absolute Gasteiger partial charge is 0.467 e. The zero-order valence-electron chi connectivity index (χ0n) is 9.15. The van der Waals surface area contributed by atoms with Crippen molar-refractivity contribution in [2.24, 2.45) is 0 Å². The molecule has 1 aliphatic rings. The summed E-state index contributed by atoms with van der Waals surface area (Å²) in [6, 6.07) is 2.02. The summed E-state index contributed by atoms with van der Waals surface area (Å²) in [5.41, 5.74) is 0.766. The Labute approximate surface area is 112 Å². The van der Waals surface area contributed by atoms with Gasteiger partial charge in [0.15, 0.2) is 5.65 Å². The Morgan fingerprint density at radius 1 is 1.41 bits per heavy atom. The van der Waals surface area contributed by atoms with Crippen LogP contribution in [0.1, 0.15) is 12.8 Å². The van der Waals surface area contributed by atoms with Crippen LogP contribution in [0.3, 0.4) is 0 Å². The van der Waals surface area contributed by atoms with Gasteiger partial charge in [-0.1, -0.05) is 11.3 Å². The van der Waals surface area contributed by atoms with Crippen molar-refractivity contribution in [3.63, 3.8) is 0 Å². The van der Waals surface area contributed by atoms with Crippen LogP contribution in [0.15, 0.2) is 16.7 Å². The maximum Gasteiger partial charge on any atom is 0.276 e. The highest BCUT2D eigenvalue weighted by molar-refractivity contribution is 9.10. The molecule has 0 saturated carbocycles. The maximum atomic E-state index is 5.89. The molecule has 0 spiro atoms. The van der Waals surface area contributed by atoms with Gasteiger partial charge in [0.05, 0.1) is 4.70 Å². The molecule has 0 bridgehead atoms. The van der Waals surface area contributed by atoms with E-state index in [1.165, 1.54) is 0 Å². The van der Waals surface area contributed by atoms with Gasteiger partial charge in [0.1, 0.15) is 6.10 Å². The molecule has 0 radical (unpaired) electrons. The van der Waals surface area contributed by atoms with Gasteiger partial charge in [-0.05, 0) is 47.9 Å². The predicted octanol–water partition coefficient (Wildman–Crippen LogP) is 2.58. The lowest BCUT2D eigenvalue weighted by Gasteiger charge is -2.22. The van der Waals surface area contributed by atoms with E-state index >= 15 is 0 Å². The zero-order chi connectivity index (χ0) is 11.7. The normalized spacial score (nSPS) is 17.5. The molecule has 90 valence electrons. The number of thiazole rings is 1. The Morgan fingerprint density at radius 3 is 3.06 bits per heavy atom. The van der Waals surface area contributed by atoms with Gasteiger partial charge in [0.25, 0.3) is 5.19 Å². The Bertz CT molecular complexity index is 524. The van der Waals surface area contributed by atoms with Gasteiger partial charge in [0, 0.05) is 10.7 Å². The average molecular weight is 314 g/mol. The molecule has 3 heterocycles. The van der Waals surface area contributed by atoms with Crippen LogP contribution in [0, 0.1) is 0 Å². The number of piperidine rings is 1. The third-order valence-electron chi connectivity index (χ3n) is 2.75. The Kier molecular flexibility index (Phi) is 3.26. The molecular weight excluding hydrogens is 302 g/mol. The zero-order valence-corrected chi connectivity index (χ0v) is 11.6. The van der Waals surface area contributed by atoms with Crippen LogP contribution in [-0.4, -0.2) is 29.2 Å². The quantitative estimate of drug-likeness (QED) is 0.925. The van der Waals surface area contributed by atoms with Crippen LogP contribution in [-0.2, 0) is 0 Å². The topological polar surface area (TPSA) is 47.0 Å². The van der Waals surface area contributed by atoms with Gasteiger partial charge < -0.3 is 10.1 Å². The van der Waals surface area contributed by atoms with E-state index < -0.39 is 0 Å². The van der Waals surface area contributed by atoms with Crippen LogP contribution in [0.2, 0.25) is 0 Å². The van der Waals surface area contributed by atoms with Crippen molar-refractivity contribution in [3.8, 4) is 5.19 Å². The van der Waals surface area contributed by atoms with Crippen LogP contribution >= 0.6 is 27.3 Å². The Hall–Kier alpha value is -0.720. The van der Waals surface area contributed by atoms with Crippen molar-refractivity contribution in [2.75, 3.05) is 13.1 Å². The maximum absolute atomic E-state index is 5.89. The molecular formula is C11H12BrN3OS. The molecule has 3 rings (SSSR count). The SMILES string of the molecule is Brc1cnc2nc(OC3CCNCC3)sc2c1. The van der Waals surface area contributed by atoms with E-state index in [4.69, 9.17) is 4.74 Å². The molecule has 4 nitrogen and oxygen atoms in total. The van der Waals surface area contributed by atoms with Gasteiger partial charge in [-0.25, -0.2) is 4.98 Å². The van der Waals surface area contributed by atoms with Crippen LogP contribution in [0.25, 0.3) is 10.3 Å². The number of hydrogen-bond donors (Lipinski definition) is 1. The summed E-state index contributed by atoms with van der Waals surface area (Å²) in [7, 11) is 0. The number of hydrogen-bond acceptors (Lipinski definition) is 5. The van der Waals surface area contributed by atoms with E-state index in [0.29, 0.717) is 6.10 Å². The van der Waals surface area contributed by atoms with Gasteiger partial charge in [0.2, 0.25) is 0 Å². The second kappa shape index (κ2) is 4.88. The number of halogens is 1. The molecule has 1 N–H and O–H groups in total. The molecule has 0 aliphatic carbocycles. The number of rotatable bonds is 2. The van der Waals surface area contributed by atoms with E-state index in [2.05, 4.69) is 31.2 Å². The lowest BCUT2D eigenvalue weighted by Crippen LogP contribution is -2.34. The summed E-state index contributed by atoms with van der Waals surface area (Å²) in [6.07, 6.45) is 4.15. The summed E-state index contributed by atoms with van der Waals surface area (Å²) < 4.78 is 7.93. The Balaban J connectivity index is 1.80. The second-order valence-corrected chi connectivity index (χ2v) is 5.93. The van der Waals surface area contributed by atoms with Crippen molar-refractivity contribution in [1.82, 2.24) is 15.3 Å². The van der Waals surface area contributed by atoms with E-state index in [9.17, 15) is 0 Å². The predicted molar refractivity (Wildman–Crippen MR) is 71.6 cm³/mol. The molecule has 0 atom stereocenters. The summed E-state index contributed by atoms with van der Waals surface area (Å²) in [6.45, 7) is 2.05. The highest BCUT2D eigenvalue weighted by Crippen LogP contribution is 2.29. The highest BCUT2D eigenvalue weighted by Gasteiger charge is 2.16. The fourth-order valence-electron chi connectivity index (χ4n) is 1.88. The van der Waals surface area contributed by atoms with Crippen LogP contribution in [0.5, 0.6) is 5.19 Å². The van der Waals surface area contributed by atoms with E-state index in [0.717, 1.165) is 45.9 Å². The van der Waals surface area contributed by atoms with E-state index in [1.807, 2.05) is 6.07 Å². The van der Waals surface area contributed by atoms with Gasteiger partial charge in [-0.3, -0.25) is 0 Å². The van der Waals surface area contributed by atoms with Gasteiger partial charge in [-0.2, -0.15) is 4.98 Å². The van der Waals surface area contributed by atoms with Crippen molar-refractivity contribution >= 4 is 37.6 Å². The summed E-state index contributed by atoms with van der Waals surface area (Å²) in [5.74, 6) is 0. The molecule has 1 fully saturated rings. The molecule has 1 saturated heterocycles. The van der Waals surface area contributed by atoms with Crippen molar-refractivity contribution < 1.29 is 4.74 Å². The van der Waals surface area contributed by atoms with Crippen molar-refractivity contribution in [2.45, 2.75) is 18.9 Å². The first-order valence-corrected chi connectivity index (χ1v) is 7.22. The first kappa shape index (κ1) is 11.4. The van der Waals surface area contributed by atoms with Gasteiger partial charge >= 0.3 is 0 Å². The fourth-order valence-corrected chi connectivity index (χ4v) is 3.24. The summed E-state index contributed by atoms with van der Waals surface area (Å²) in [5, 5.41) is 4.05. The summed E-state index contributed by atoms with van der Waals surface area (Å²) in [4.78, 5) is 8.65. The molecule has 2 aromatic rings. The van der Waals surface area contributed by atoms with Crippen LogP contribution in [0.4, 0.5) is 0 Å². The first-order chi connectivity index (χ1) is 8.31. The summed E-state index contributed by atoms with van der Waals surface area (Å²) >= 11 is 4.97. The molecule has 17 heavy (non-hydrogen) atoms. The average Bonchev–Trinajstić information content (AvgIpc) is 2.71. The number of nitrogens with one attached hydrogen (secondary N) is 1. The fraction of sp³-hybridized carbons (Fsp3) is 0.455. The lowest BCUT2D eigenvalue weighted by molar-refractivity contribution is 0.162. The Morgan fingerprint density at radius 2 is 2.24 bits per heavy atom. The third kappa shape index (κ3) is 2.59. The molecule has 0 unspecified atom stereocenters. The van der Waals surface area contributed by atoms with Crippen molar-refractivity contribution in [3.05, 3.63) is 16.7 Å². The number of fused-ring (bicyclic) bond motifs is 1.